The quantitative estimate of drug-likeness (QED) is 0.492. The van der Waals surface area contributed by atoms with Crippen molar-refractivity contribution in [1.29, 1.82) is 0 Å². The maximum Gasteiger partial charge on any atom is 0.345 e. The summed E-state index contributed by atoms with van der Waals surface area (Å²) in [6.45, 7) is 1.81. The Hall–Kier alpha value is -3.39. The number of benzene rings is 1. The zero-order chi connectivity index (χ0) is 19.7. The first-order valence-corrected chi connectivity index (χ1v) is 9.29. The number of pyridine rings is 1. The molecule has 0 atom stereocenters. The third-order valence-corrected chi connectivity index (χ3v) is 5.22. The van der Waals surface area contributed by atoms with Gasteiger partial charge in [-0.05, 0) is 48.9 Å². The van der Waals surface area contributed by atoms with Crippen LogP contribution in [-0.2, 0) is 4.74 Å². The first-order chi connectivity index (χ1) is 13.6. The minimum atomic E-state index is -0.726. The van der Waals surface area contributed by atoms with Crippen LogP contribution in [0, 0.1) is 5.82 Å². The third-order valence-electron chi connectivity index (χ3n) is 4.12. The summed E-state index contributed by atoms with van der Waals surface area (Å²) in [7, 11) is 0. The number of thiazole rings is 1. The Morgan fingerprint density at radius 2 is 1.86 bits per heavy atom. The van der Waals surface area contributed by atoms with E-state index < -0.39 is 11.5 Å². The molecular formula is C20H14FN3O3S. The molecule has 0 aliphatic carbocycles. The van der Waals surface area contributed by atoms with Crippen molar-refractivity contribution in [3.8, 4) is 21.7 Å². The molecule has 0 fully saturated rings. The molecule has 0 saturated carbocycles. The van der Waals surface area contributed by atoms with E-state index in [2.05, 4.69) is 9.97 Å². The van der Waals surface area contributed by atoms with Crippen molar-refractivity contribution < 1.29 is 13.9 Å². The number of fused-ring (bicyclic) bond motifs is 1. The fourth-order valence-electron chi connectivity index (χ4n) is 2.87. The van der Waals surface area contributed by atoms with Crippen molar-refractivity contribution in [1.82, 2.24) is 14.4 Å². The molecule has 8 heteroatoms. The summed E-state index contributed by atoms with van der Waals surface area (Å²) in [6, 6.07) is 9.45. The largest absolute Gasteiger partial charge is 0.462 e. The predicted octanol–water partition coefficient (Wildman–Crippen LogP) is 3.80. The van der Waals surface area contributed by atoms with Gasteiger partial charge in [0, 0.05) is 18.0 Å². The van der Waals surface area contributed by atoms with E-state index in [0.717, 1.165) is 10.4 Å². The number of hydrogen-bond acceptors (Lipinski definition) is 6. The minimum Gasteiger partial charge on any atom is -0.462 e. The highest BCUT2D eigenvalue weighted by atomic mass is 32.1. The molecule has 0 aliphatic rings. The van der Waals surface area contributed by atoms with Crippen LogP contribution in [0.1, 0.15) is 17.3 Å². The molecule has 0 saturated heterocycles. The average molecular weight is 395 g/mol. The summed E-state index contributed by atoms with van der Waals surface area (Å²) >= 11 is 1.30. The normalized spacial score (nSPS) is 10.9. The Balaban J connectivity index is 2.06. The molecule has 4 aromatic rings. The molecule has 0 spiro atoms. The second kappa shape index (κ2) is 7.32. The van der Waals surface area contributed by atoms with Gasteiger partial charge in [0.1, 0.15) is 11.4 Å². The second-order valence-electron chi connectivity index (χ2n) is 5.84. The van der Waals surface area contributed by atoms with Crippen LogP contribution in [-0.4, -0.2) is 26.9 Å². The first kappa shape index (κ1) is 18.0. The predicted molar refractivity (Wildman–Crippen MR) is 104 cm³/mol. The van der Waals surface area contributed by atoms with E-state index in [4.69, 9.17) is 4.74 Å². The van der Waals surface area contributed by atoms with Crippen molar-refractivity contribution in [2.75, 3.05) is 6.61 Å². The van der Waals surface area contributed by atoms with Gasteiger partial charge in [0.05, 0.1) is 23.4 Å². The van der Waals surface area contributed by atoms with Gasteiger partial charge in [0.15, 0.2) is 4.96 Å². The number of aromatic nitrogens is 3. The van der Waals surface area contributed by atoms with E-state index in [-0.39, 0.29) is 18.0 Å². The first-order valence-electron chi connectivity index (χ1n) is 8.48. The van der Waals surface area contributed by atoms with Crippen molar-refractivity contribution >= 4 is 22.3 Å². The molecule has 28 heavy (non-hydrogen) atoms. The Morgan fingerprint density at radius 1 is 1.14 bits per heavy atom. The maximum atomic E-state index is 13.5. The van der Waals surface area contributed by atoms with Gasteiger partial charge in [-0.15, -0.1) is 0 Å². The fourth-order valence-corrected chi connectivity index (χ4v) is 3.98. The minimum absolute atomic E-state index is 0.150. The van der Waals surface area contributed by atoms with E-state index >= 15 is 0 Å². The Bertz CT molecular complexity index is 1220. The number of hydrogen-bond donors (Lipinski definition) is 0. The number of carbonyl (C=O) groups excluding carboxylic acids is 1. The van der Waals surface area contributed by atoms with Crippen LogP contribution < -0.4 is 5.56 Å². The molecule has 0 amide bonds. The van der Waals surface area contributed by atoms with Crippen LogP contribution in [0.3, 0.4) is 0 Å². The van der Waals surface area contributed by atoms with Gasteiger partial charge >= 0.3 is 5.97 Å². The summed E-state index contributed by atoms with van der Waals surface area (Å²) in [5.74, 6) is -1.11. The van der Waals surface area contributed by atoms with Crippen molar-refractivity contribution in [3.05, 3.63) is 76.7 Å². The molecule has 0 radical (unpaired) electrons. The van der Waals surface area contributed by atoms with E-state index in [1.54, 1.807) is 31.5 Å². The summed E-state index contributed by atoms with van der Waals surface area (Å²) < 4.78 is 19.8. The van der Waals surface area contributed by atoms with Crippen molar-refractivity contribution in [2.24, 2.45) is 0 Å². The van der Waals surface area contributed by atoms with Crippen LogP contribution in [0.25, 0.3) is 26.7 Å². The summed E-state index contributed by atoms with van der Waals surface area (Å²) in [4.78, 5) is 34.7. The van der Waals surface area contributed by atoms with Crippen LogP contribution in [0.15, 0.2) is 59.8 Å². The third kappa shape index (κ3) is 3.07. The molecular weight excluding hydrogens is 381 g/mol. The van der Waals surface area contributed by atoms with Gasteiger partial charge in [0.2, 0.25) is 0 Å². The highest BCUT2D eigenvalue weighted by Gasteiger charge is 2.22. The molecule has 0 N–H and O–H groups in total. The number of rotatable bonds is 4. The number of halogens is 1. The van der Waals surface area contributed by atoms with Crippen LogP contribution >= 0.6 is 11.3 Å². The van der Waals surface area contributed by atoms with Gasteiger partial charge in [-0.2, -0.15) is 0 Å². The van der Waals surface area contributed by atoms with Gasteiger partial charge in [0.25, 0.3) is 5.56 Å². The Kier molecular flexibility index (Phi) is 4.70. The molecule has 0 unspecified atom stereocenters. The topological polar surface area (TPSA) is 73.6 Å². The van der Waals surface area contributed by atoms with Crippen LogP contribution in [0.2, 0.25) is 0 Å². The highest BCUT2D eigenvalue weighted by Crippen LogP contribution is 2.38. The summed E-state index contributed by atoms with van der Waals surface area (Å²) in [5.41, 5.74) is 1.32. The monoisotopic (exact) mass is 395 g/mol. The number of nitrogens with zero attached hydrogens (tertiary/aromatic N) is 3. The Morgan fingerprint density at radius 3 is 2.54 bits per heavy atom. The molecule has 0 aliphatic heterocycles. The lowest BCUT2D eigenvalue weighted by Crippen LogP contribution is -2.24. The maximum absolute atomic E-state index is 13.5. The van der Waals surface area contributed by atoms with E-state index in [1.807, 2.05) is 12.1 Å². The second-order valence-corrected chi connectivity index (χ2v) is 6.82. The van der Waals surface area contributed by atoms with E-state index in [1.165, 1.54) is 34.1 Å². The standard InChI is InChI=1S/C20H14FN3O3S/c1-2-27-19(26)15-11-23-20-24(18(15)25)16(12-3-5-14(21)6-4-12)17(28-20)13-7-9-22-10-8-13/h3-11H,2H2,1H3. The highest BCUT2D eigenvalue weighted by molar-refractivity contribution is 7.20. The zero-order valence-electron chi connectivity index (χ0n) is 14.8. The molecule has 0 bridgehead atoms. The SMILES string of the molecule is CCOC(=O)c1cnc2sc(-c3ccncc3)c(-c3ccc(F)cc3)n2c1=O. The van der Waals surface area contributed by atoms with E-state index in [9.17, 15) is 14.0 Å². The number of esters is 1. The van der Waals surface area contributed by atoms with Gasteiger partial charge in [-0.1, -0.05) is 11.3 Å². The smallest absolute Gasteiger partial charge is 0.345 e. The zero-order valence-corrected chi connectivity index (χ0v) is 15.6. The molecule has 4 rings (SSSR count). The molecule has 3 aromatic heterocycles. The van der Waals surface area contributed by atoms with Crippen molar-refractivity contribution in [3.63, 3.8) is 0 Å². The van der Waals surface area contributed by atoms with Crippen LogP contribution in [0.4, 0.5) is 4.39 Å². The lowest BCUT2D eigenvalue weighted by Gasteiger charge is -2.07. The average Bonchev–Trinajstić information content (AvgIpc) is 3.10. The van der Waals surface area contributed by atoms with Gasteiger partial charge < -0.3 is 4.74 Å². The molecule has 6 nitrogen and oxygen atoms in total. The van der Waals surface area contributed by atoms with Crippen LogP contribution in [0.5, 0.6) is 0 Å². The summed E-state index contributed by atoms with van der Waals surface area (Å²) in [6.07, 6.45) is 4.53. The van der Waals surface area contributed by atoms with E-state index in [0.29, 0.717) is 16.2 Å². The number of ether oxygens (including phenoxy) is 1. The molecule has 3 heterocycles. The van der Waals surface area contributed by atoms with Gasteiger partial charge in [-0.25, -0.2) is 18.6 Å². The van der Waals surface area contributed by atoms with Gasteiger partial charge in [-0.3, -0.25) is 9.78 Å². The summed E-state index contributed by atoms with van der Waals surface area (Å²) in [5, 5.41) is 0. The lowest BCUT2D eigenvalue weighted by atomic mass is 10.1. The number of carbonyl (C=O) groups is 1. The molecule has 1 aromatic carbocycles. The Labute approximate surface area is 162 Å². The molecule has 140 valence electrons. The van der Waals surface area contributed by atoms with Crippen molar-refractivity contribution in [2.45, 2.75) is 6.92 Å². The lowest BCUT2D eigenvalue weighted by molar-refractivity contribution is 0.0523. The fraction of sp³-hybridized carbons (Fsp3) is 0.100.